The lowest BCUT2D eigenvalue weighted by atomic mass is 10.0. The maximum atomic E-state index is 14.7. The largest absolute Gasteiger partial charge is 0.573 e. The second kappa shape index (κ2) is 13.4. The van der Waals surface area contributed by atoms with Gasteiger partial charge in [-0.3, -0.25) is 0 Å². The van der Waals surface area contributed by atoms with Crippen molar-refractivity contribution in [3.05, 3.63) is 46.8 Å². The van der Waals surface area contributed by atoms with E-state index < -0.39 is 44.1 Å². The van der Waals surface area contributed by atoms with E-state index in [1.165, 1.54) is 12.1 Å². The molecule has 0 saturated carbocycles. The molecule has 0 bridgehead atoms. The third-order valence-electron chi connectivity index (χ3n) is 8.05. The average molecular weight is 676 g/mol. The normalized spacial score (nSPS) is 20.8. The Hall–Kier alpha value is -2.94. The summed E-state index contributed by atoms with van der Waals surface area (Å²) < 4.78 is 113. The highest BCUT2D eigenvalue weighted by Gasteiger charge is 2.35. The van der Waals surface area contributed by atoms with Gasteiger partial charge in [0.15, 0.2) is 5.75 Å². The highest BCUT2D eigenvalue weighted by atomic mass is 32.1. The number of benzene rings is 2. The maximum absolute atomic E-state index is 14.7. The van der Waals surface area contributed by atoms with Gasteiger partial charge in [0, 0.05) is 30.7 Å². The number of nitrogens with zero attached hydrogens (tertiary/aromatic N) is 1. The lowest BCUT2D eigenvalue weighted by molar-refractivity contribution is -0.274. The van der Waals surface area contributed by atoms with Gasteiger partial charge >= 0.3 is 12.5 Å². The van der Waals surface area contributed by atoms with Crippen LogP contribution in [0.5, 0.6) is 5.75 Å². The van der Waals surface area contributed by atoms with Gasteiger partial charge in [0.1, 0.15) is 13.3 Å². The molecule has 1 aromatic heterocycles. The molecule has 3 aromatic rings. The summed E-state index contributed by atoms with van der Waals surface area (Å²) in [6, 6.07) is 8.45. The first-order valence-electron chi connectivity index (χ1n) is 14.6. The Balaban J connectivity index is 1.40. The predicted molar refractivity (Wildman–Crippen MR) is 165 cm³/mol. The molecule has 2 aromatic carbocycles. The summed E-state index contributed by atoms with van der Waals surface area (Å²) in [5, 5.41) is 6.62. The Bertz CT molecular complexity index is 1620. The molecule has 0 aliphatic carbocycles. The van der Waals surface area contributed by atoms with E-state index in [1.54, 1.807) is 18.2 Å². The Morgan fingerprint density at radius 3 is 2.51 bits per heavy atom. The summed E-state index contributed by atoms with van der Waals surface area (Å²) in [5.74, 6) is 4.95. The summed E-state index contributed by atoms with van der Waals surface area (Å²) in [6.45, 7) is 0.730. The molecule has 5 nitrogen and oxygen atoms in total. The summed E-state index contributed by atoms with van der Waals surface area (Å²) >= 11 is 1.05. The van der Waals surface area contributed by atoms with E-state index in [-0.39, 0.29) is 29.2 Å². The van der Waals surface area contributed by atoms with Crippen molar-refractivity contribution in [2.24, 2.45) is 0 Å². The fraction of sp³-hybridized carbons (Fsp3) is 0.484. The molecular formula is C31H33F7N3O2PS. The number of ether oxygens (including phenoxy) is 1. The van der Waals surface area contributed by atoms with Gasteiger partial charge in [-0.15, -0.1) is 24.5 Å². The van der Waals surface area contributed by atoms with Gasteiger partial charge in [-0.05, 0) is 61.5 Å². The van der Waals surface area contributed by atoms with Crippen molar-refractivity contribution in [3.63, 3.8) is 0 Å². The second-order valence-electron chi connectivity index (χ2n) is 11.5. The van der Waals surface area contributed by atoms with Crippen LogP contribution in [-0.2, 0) is 11.0 Å². The van der Waals surface area contributed by atoms with E-state index in [2.05, 4.69) is 27.2 Å². The molecule has 0 radical (unpaired) electrons. The van der Waals surface area contributed by atoms with E-state index >= 15 is 0 Å². The molecule has 244 valence electrons. The van der Waals surface area contributed by atoms with Gasteiger partial charge < -0.3 is 24.8 Å². The molecule has 2 saturated heterocycles. The minimum atomic E-state index is -4.99. The van der Waals surface area contributed by atoms with E-state index in [1.807, 2.05) is 11.9 Å². The zero-order valence-electron chi connectivity index (χ0n) is 24.5. The highest BCUT2D eigenvalue weighted by molar-refractivity contribution is 7.71. The van der Waals surface area contributed by atoms with Crippen molar-refractivity contribution >= 4 is 45.2 Å². The maximum Gasteiger partial charge on any atom is 0.573 e. The third-order valence-corrected chi connectivity index (χ3v) is 12.5. The molecule has 2 aliphatic rings. The number of fused-ring (bicyclic) bond motifs is 1. The van der Waals surface area contributed by atoms with Crippen LogP contribution in [0, 0.1) is 11.8 Å². The fourth-order valence-corrected chi connectivity index (χ4v) is 9.92. The minimum Gasteiger partial charge on any atom is -0.404 e. The SMILES string of the molecule is CN1CC[C@@H](Nc2cccc3c(CC(F)(F)F)c(C#CCNc4ccc(P5(=O)CCCCC5)cc4OC(F)(F)F)sc23)[C@H](F)C1. The van der Waals surface area contributed by atoms with Gasteiger partial charge in [0.25, 0.3) is 0 Å². The van der Waals surface area contributed by atoms with E-state index in [4.69, 9.17) is 0 Å². The van der Waals surface area contributed by atoms with Crippen LogP contribution in [0.15, 0.2) is 36.4 Å². The third kappa shape index (κ3) is 8.46. The van der Waals surface area contributed by atoms with Crippen LogP contribution in [-0.4, -0.2) is 68.7 Å². The first kappa shape index (κ1) is 33.4. The first-order chi connectivity index (χ1) is 21.2. The summed E-state index contributed by atoms with van der Waals surface area (Å²) in [4.78, 5) is 2.04. The van der Waals surface area contributed by atoms with Crippen LogP contribution in [0.2, 0.25) is 0 Å². The van der Waals surface area contributed by atoms with E-state index in [0.717, 1.165) is 36.7 Å². The molecule has 5 rings (SSSR count). The number of hydrogen-bond donors (Lipinski definition) is 2. The first-order valence-corrected chi connectivity index (χ1v) is 17.5. The van der Waals surface area contributed by atoms with Crippen LogP contribution < -0.4 is 20.7 Å². The predicted octanol–water partition coefficient (Wildman–Crippen LogP) is 7.99. The Labute approximate surface area is 260 Å². The Morgan fingerprint density at radius 2 is 1.82 bits per heavy atom. The topological polar surface area (TPSA) is 53.6 Å². The molecule has 2 atom stereocenters. The minimum absolute atomic E-state index is 0.0125. The van der Waals surface area contributed by atoms with Crippen molar-refractivity contribution in [1.82, 2.24) is 4.90 Å². The van der Waals surface area contributed by atoms with Crippen molar-refractivity contribution in [1.29, 1.82) is 0 Å². The number of hydrogen-bond acceptors (Lipinski definition) is 6. The van der Waals surface area contributed by atoms with E-state index in [9.17, 15) is 35.3 Å². The number of likely N-dealkylation sites (tertiary alicyclic amines) is 1. The van der Waals surface area contributed by atoms with Crippen molar-refractivity contribution in [2.45, 2.75) is 56.9 Å². The van der Waals surface area contributed by atoms with E-state index in [0.29, 0.717) is 46.4 Å². The number of anilines is 2. The molecule has 0 spiro atoms. The van der Waals surface area contributed by atoms with Gasteiger partial charge in [-0.2, -0.15) is 13.2 Å². The van der Waals surface area contributed by atoms with Crippen LogP contribution >= 0.6 is 18.5 Å². The van der Waals surface area contributed by atoms with Crippen LogP contribution in [0.4, 0.5) is 42.1 Å². The summed E-state index contributed by atoms with van der Waals surface area (Å²) in [5.41, 5.74) is 0.475. The molecule has 0 amide bonds. The van der Waals surface area contributed by atoms with Crippen LogP contribution in [0.1, 0.15) is 36.1 Å². The van der Waals surface area contributed by atoms with Crippen molar-refractivity contribution < 1.29 is 40.0 Å². The fourth-order valence-electron chi connectivity index (χ4n) is 5.84. The number of nitrogens with one attached hydrogen (secondary N) is 2. The quantitative estimate of drug-likeness (QED) is 0.151. The standard InChI is InChI=1S/C31H33F7N3O2PS/c1-41-14-12-24(23(32)19-41)40-26-8-5-7-21-22(18-30(33,34)35)28(45-29(21)26)9-6-13-39-25-11-10-20(17-27(25)43-31(36,37)38)44(42)15-3-2-4-16-44/h5,7-8,10-11,17,23-24,39-40H,2-4,12-16,18-19H2,1H3/t23-,24-/m1/s1. The molecule has 2 fully saturated rings. The lowest BCUT2D eigenvalue weighted by Crippen LogP contribution is -2.46. The van der Waals surface area contributed by atoms with Gasteiger partial charge in [0.2, 0.25) is 0 Å². The molecule has 3 heterocycles. The number of rotatable bonds is 7. The zero-order valence-corrected chi connectivity index (χ0v) is 26.2. The smallest absolute Gasteiger partial charge is 0.404 e. The van der Waals surface area contributed by atoms with Gasteiger partial charge in [-0.1, -0.05) is 30.4 Å². The molecular weight excluding hydrogens is 642 g/mol. The number of halogens is 7. The Morgan fingerprint density at radius 1 is 1.07 bits per heavy atom. The lowest BCUT2D eigenvalue weighted by Gasteiger charge is -2.33. The molecule has 0 unspecified atom stereocenters. The van der Waals surface area contributed by atoms with Gasteiger partial charge in [-0.25, -0.2) is 4.39 Å². The van der Waals surface area contributed by atoms with Crippen LogP contribution in [0.25, 0.3) is 10.1 Å². The van der Waals surface area contributed by atoms with Gasteiger partial charge in [0.05, 0.1) is 40.0 Å². The zero-order chi connectivity index (χ0) is 32.4. The Kier molecular flexibility index (Phi) is 9.97. The van der Waals surface area contributed by atoms with Crippen molar-refractivity contribution in [3.8, 4) is 17.6 Å². The molecule has 2 N–H and O–H groups in total. The monoisotopic (exact) mass is 675 g/mol. The highest BCUT2D eigenvalue weighted by Crippen LogP contribution is 2.50. The summed E-state index contributed by atoms with van der Waals surface area (Å²) in [6.07, 6.45) is -8.10. The number of piperidine rings is 1. The number of alkyl halides is 7. The molecule has 14 heteroatoms. The van der Waals surface area contributed by atoms with Crippen LogP contribution in [0.3, 0.4) is 0 Å². The average Bonchev–Trinajstić information content (AvgIpc) is 3.29. The number of thiophene rings is 1. The second-order valence-corrected chi connectivity index (χ2v) is 15.7. The van der Waals surface area contributed by atoms with Crippen molar-refractivity contribution in [2.75, 3.05) is 49.6 Å². The molecule has 45 heavy (non-hydrogen) atoms. The molecule has 2 aliphatic heterocycles. The summed E-state index contributed by atoms with van der Waals surface area (Å²) in [7, 11) is -1.01.